The van der Waals surface area contributed by atoms with E-state index in [9.17, 15) is 14.7 Å². The first-order valence-electron chi connectivity index (χ1n) is 6.60. The average Bonchev–Trinajstić information content (AvgIpc) is 2.77. The summed E-state index contributed by atoms with van der Waals surface area (Å²) in [6.45, 7) is 2.52. The summed E-state index contributed by atoms with van der Waals surface area (Å²) in [6.07, 6.45) is 0.555. The van der Waals surface area contributed by atoms with Crippen LogP contribution in [0.5, 0.6) is 0 Å². The number of β-amino-alcohol motifs (C(OH)–C–C–N with tert-alkyl or cyclic N) is 1. The number of aromatic nitrogens is 1. The van der Waals surface area contributed by atoms with Crippen LogP contribution in [0, 0.1) is 0 Å². The highest BCUT2D eigenvalue weighted by Gasteiger charge is 2.34. The molecule has 0 spiro atoms. The van der Waals surface area contributed by atoms with Crippen LogP contribution in [0.15, 0.2) is 35.1 Å². The van der Waals surface area contributed by atoms with Crippen LogP contribution < -0.4 is 5.56 Å². The molecule has 1 aromatic heterocycles. The number of carbonyl (C=O) groups is 1. The van der Waals surface area contributed by atoms with Crippen molar-refractivity contribution in [2.45, 2.75) is 18.9 Å². The Morgan fingerprint density at radius 3 is 2.85 bits per heavy atom. The van der Waals surface area contributed by atoms with Crippen LogP contribution in [-0.2, 0) is 0 Å². The summed E-state index contributed by atoms with van der Waals surface area (Å²) < 4.78 is 0. The number of benzene rings is 1. The number of fused-ring (bicyclic) bond motifs is 1. The number of nitrogens with zero attached hydrogens (tertiary/aromatic N) is 1. The minimum atomic E-state index is -0.841. The Hall–Kier alpha value is -2.14. The number of carbonyl (C=O) groups excluding carboxylic acids is 1. The number of likely N-dealkylation sites (tertiary alicyclic amines) is 1. The van der Waals surface area contributed by atoms with Crippen LogP contribution in [0.4, 0.5) is 0 Å². The number of pyridine rings is 1. The number of H-pyrrole nitrogens is 1. The molecule has 1 aromatic carbocycles. The van der Waals surface area contributed by atoms with Crippen molar-refractivity contribution in [1.82, 2.24) is 9.88 Å². The van der Waals surface area contributed by atoms with Gasteiger partial charge in [-0.3, -0.25) is 9.59 Å². The van der Waals surface area contributed by atoms with Crippen molar-refractivity contribution in [3.05, 3.63) is 46.2 Å². The minimum absolute atomic E-state index is 0.204. The van der Waals surface area contributed by atoms with Gasteiger partial charge in [-0.2, -0.15) is 0 Å². The molecule has 3 rings (SSSR count). The predicted octanol–water partition coefficient (Wildman–Crippen LogP) is 1.12. The normalized spacial score (nSPS) is 22.4. The molecule has 5 heteroatoms. The second-order valence-corrected chi connectivity index (χ2v) is 5.57. The highest BCUT2D eigenvalue weighted by molar-refractivity contribution is 6.06. The first-order valence-corrected chi connectivity index (χ1v) is 6.60. The van der Waals surface area contributed by atoms with E-state index >= 15 is 0 Å². The molecule has 1 saturated heterocycles. The number of aliphatic hydroxyl groups is 1. The lowest BCUT2D eigenvalue weighted by Gasteiger charge is -2.19. The smallest absolute Gasteiger partial charge is 0.254 e. The summed E-state index contributed by atoms with van der Waals surface area (Å²) in [5.41, 5.74) is -0.0958. The fraction of sp³-hybridized carbons (Fsp3) is 0.333. The molecule has 0 bridgehead atoms. The number of hydrogen-bond acceptors (Lipinski definition) is 3. The van der Waals surface area contributed by atoms with Crippen LogP contribution in [0.1, 0.15) is 23.7 Å². The lowest BCUT2D eigenvalue weighted by atomic mass is 10.1. The monoisotopic (exact) mass is 272 g/mol. The van der Waals surface area contributed by atoms with E-state index in [1.165, 1.54) is 6.07 Å². The van der Waals surface area contributed by atoms with E-state index in [-0.39, 0.29) is 11.5 Å². The molecule has 0 radical (unpaired) electrons. The van der Waals surface area contributed by atoms with E-state index < -0.39 is 5.60 Å². The Morgan fingerprint density at radius 1 is 1.40 bits per heavy atom. The van der Waals surface area contributed by atoms with E-state index in [0.29, 0.717) is 30.6 Å². The maximum Gasteiger partial charge on any atom is 0.254 e. The molecular weight excluding hydrogens is 256 g/mol. The standard InChI is InChI=1S/C15H16N2O3/c1-15(20)6-7-17(9-15)14(19)11-8-13(18)16-12-5-3-2-4-10(11)12/h2-5,8,20H,6-7,9H2,1H3,(H,16,18). The lowest BCUT2D eigenvalue weighted by molar-refractivity contribution is 0.0573. The van der Waals surface area contributed by atoms with Crippen molar-refractivity contribution in [2.24, 2.45) is 0 Å². The van der Waals surface area contributed by atoms with Crippen molar-refractivity contribution in [2.75, 3.05) is 13.1 Å². The molecule has 1 aliphatic heterocycles. The van der Waals surface area contributed by atoms with Gasteiger partial charge < -0.3 is 15.0 Å². The van der Waals surface area contributed by atoms with E-state index in [2.05, 4.69) is 4.98 Å². The van der Waals surface area contributed by atoms with Crippen molar-refractivity contribution in [3.63, 3.8) is 0 Å². The van der Waals surface area contributed by atoms with E-state index in [1.54, 1.807) is 17.9 Å². The summed E-state index contributed by atoms with van der Waals surface area (Å²) >= 11 is 0. The number of hydrogen-bond donors (Lipinski definition) is 2. The molecule has 1 aliphatic rings. The van der Waals surface area contributed by atoms with Gasteiger partial charge in [0.05, 0.1) is 11.2 Å². The maximum atomic E-state index is 12.6. The van der Waals surface area contributed by atoms with Crippen LogP contribution in [0.2, 0.25) is 0 Å². The second-order valence-electron chi connectivity index (χ2n) is 5.57. The Balaban J connectivity index is 2.06. The molecule has 2 heterocycles. The highest BCUT2D eigenvalue weighted by Crippen LogP contribution is 2.24. The molecule has 0 aliphatic carbocycles. The zero-order chi connectivity index (χ0) is 14.3. The Bertz CT molecular complexity index is 733. The molecule has 1 fully saturated rings. The van der Waals surface area contributed by atoms with Crippen molar-refractivity contribution in [3.8, 4) is 0 Å². The summed E-state index contributed by atoms with van der Waals surface area (Å²) in [5, 5.41) is 10.7. The van der Waals surface area contributed by atoms with Crippen LogP contribution in [-0.4, -0.2) is 39.6 Å². The molecule has 2 N–H and O–H groups in total. The zero-order valence-corrected chi connectivity index (χ0v) is 11.2. The number of para-hydroxylation sites is 1. The Labute approximate surface area is 115 Å². The Kier molecular flexibility index (Phi) is 2.87. The molecule has 1 unspecified atom stereocenters. The van der Waals surface area contributed by atoms with E-state index in [4.69, 9.17) is 0 Å². The van der Waals surface area contributed by atoms with Gasteiger partial charge >= 0.3 is 0 Å². The third-order valence-electron chi connectivity index (χ3n) is 3.72. The molecule has 5 nitrogen and oxygen atoms in total. The molecule has 1 atom stereocenters. The number of amides is 1. The summed E-state index contributed by atoms with van der Waals surface area (Å²) in [6, 6.07) is 8.56. The SMILES string of the molecule is CC1(O)CCN(C(=O)c2cc(=O)[nH]c3ccccc23)C1. The van der Waals surface area contributed by atoms with Crippen molar-refractivity contribution in [1.29, 1.82) is 0 Å². The molecule has 20 heavy (non-hydrogen) atoms. The number of rotatable bonds is 1. The Morgan fingerprint density at radius 2 is 2.15 bits per heavy atom. The largest absolute Gasteiger partial charge is 0.388 e. The average molecular weight is 272 g/mol. The first kappa shape index (κ1) is 12.9. The van der Waals surface area contributed by atoms with Gasteiger partial charge in [0.15, 0.2) is 0 Å². The predicted molar refractivity (Wildman–Crippen MR) is 75.7 cm³/mol. The second kappa shape index (κ2) is 4.45. The van der Waals surface area contributed by atoms with Gasteiger partial charge in [-0.1, -0.05) is 18.2 Å². The van der Waals surface area contributed by atoms with Gasteiger partial charge in [0.1, 0.15) is 0 Å². The van der Waals surface area contributed by atoms with Gasteiger partial charge in [0.25, 0.3) is 5.91 Å². The maximum absolute atomic E-state index is 12.6. The van der Waals surface area contributed by atoms with Gasteiger partial charge in [0, 0.05) is 30.1 Å². The third-order valence-corrected chi connectivity index (χ3v) is 3.72. The molecule has 104 valence electrons. The van der Waals surface area contributed by atoms with Crippen molar-refractivity contribution < 1.29 is 9.90 Å². The van der Waals surface area contributed by atoms with Crippen molar-refractivity contribution >= 4 is 16.8 Å². The van der Waals surface area contributed by atoms with E-state index in [0.717, 1.165) is 5.39 Å². The van der Waals surface area contributed by atoms with E-state index in [1.807, 2.05) is 18.2 Å². The quantitative estimate of drug-likeness (QED) is 0.817. The topological polar surface area (TPSA) is 73.4 Å². The summed E-state index contributed by atoms with van der Waals surface area (Å²) in [4.78, 5) is 28.6. The molecular formula is C15H16N2O3. The van der Waals surface area contributed by atoms with Crippen LogP contribution in [0.3, 0.4) is 0 Å². The molecule has 2 aromatic rings. The fourth-order valence-corrected chi connectivity index (χ4v) is 2.67. The molecule has 0 saturated carbocycles. The van der Waals surface area contributed by atoms with Crippen LogP contribution >= 0.6 is 0 Å². The minimum Gasteiger partial charge on any atom is -0.388 e. The van der Waals surface area contributed by atoms with Gasteiger partial charge in [-0.25, -0.2) is 0 Å². The zero-order valence-electron chi connectivity index (χ0n) is 11.2. The third kappa shape index (κ3) is 2.20. The van der Waals surface area contributed by atoms with Crippen LogP contribution in [0.25, 0.3) is 10.9 Å². The molecule has 1 amide bonds. The number of nitrogens with one attached hydrogen (secondary N) is 1. The van der Waals surface area contributed by atoms with Gasteiger partial charge in [-0.15, -0.1) is 0 Å². The highest BCUT2D eigenvalue weighted by atomic mass is 16.3. The number of aromatic amines is 1. The fourth-order valence-electron chi connectivity index (χ4n) is 2.67. The lowest BCUT2D eigenvalue weighted by Crippen LogP contribution is -2.34. The summed E-state index contributed by atoms with van der Waals surface area (Å²) in [5.74, 6) is -0.204. The first-order chi connectivity index (χ1) is 9.46. The summed E-state index contributed by atoms with van der Waals surface area (Å²) in [7, 11) is 0. The van der Waals surface area contributed by atoms with Gasteiger partial charge in [-0.05, 0) is 19.4 Å². The van der Waals surface area contributed by atoms with Gasteiger partial charge in [0.2, 0.25) is 5.56 Å².